The van der Waals surface area contributed by atoms with Gasteiger partial charge in [-0.15, -0.1) is 5.54 Å². The van der Waals surface area contributed by atoms with E-state index in [1.807, 2.05) is 0 Å². The van der Waals surface area contributed by atoms with Crippen molar-refractivity contribution in [2.45, 2.75) is 194 Å². The molecule has 38 heavy (non-hydrogen) atoms. The molecule has 0 bridgehead atoms. The Kier molecular flexibility index (Phi) is 10.2. The third-order valence-corrected chi connectivity index (χ3v) is 53.2. The number of hydrogen-bond acceptors (Lipinski definition) is 1. The van der Waals surface area contributed by atoms with Gasteiger partial charge in [-0.2, -0.15) is 5.82 Å². The van der Waals surface area contributed by atoms with Gasteiger partial charge in [-0.25, -0.2) is 7.70 Å². The number of rotatable bonds is 4. The van der Waals surface area contributed by atoms with Crippen LogP contribution in [0.2, 0.25) is 52.9 Å². The summed E-state index contributed by atoms with van der Waals surface area (Å²) in [6.07, 6.45) is 4.28. The summed E-state index contributed by atoms with van der Waals surface area (Å²) in [7, 11) is -6.50. The first kappa shape index (κ1) is 36.5. The molecule has 0 atom stereocenters. The SMILES string of the molecule is CC1(C)CCCC(C)(C)N1B(C#C[Si](C)(C)C)[Si-]([Si](C)(C(C)(C)C)C(C)(C)C)[Si](C)(C(C)(C)C)C(C)(C)C. The zero-order valence-corrected chi connectivity index (χ0v) is 34.1. The fraction of sp³-hybridized carbons (Fsp3) is 0.938. The van der Waals surface area contributed by atoms with Crippen molar-refractivity contribution in [3.8, 4) is 11.4 Å². The molecular weight excluding hydrogens is 522 g/mol. The maximum Gasteiger partial charge on any atom is 0.133 e. The molecule has 1 aliphatic rings. The van der Waals surface area contributed by atoms with E-state index in [9.17, 15) is 0 Å². The summed E-state index contributed by atoms with van der Waals surface area (Å²) in [5.41, 5.74) is 4.36. The number of hydrogen-bond donors (Lipinski definition) is 0. The Morgan fingerprint density at radius 3 is 1.13 bits per heavy atom. The van der Waals surface area contributed by atoms with Gasteiger partial charge in [-0.1, -0.05) is 151 Å². The maximum atomic E-state index is 4.29. The first-order valence-corrected chi connectivity index (χ1v) is 27.6. The summed E-state index contributed by atoms with van der Waals surface area (Å²) in [6, 6.07) is 0. The fourth-order valence-electron chi connectivity index (χ4n) is 8.18. The van der Waals surface area contributed by atoms with Crippen LogP contribution in [0.25, 0.3) is 0 Å². The van der Waals surface area contributed by atoms with Crippen molar-refractivity contribution >= 4 is 37.4 Å². The van der Waals surface area contributed by atoms with Crippen LogP contribution in [0.4, 0.5) is 0 Å². The quantitative estimate of drug-likeness (QED) is 0.232. The normalized spacial score (nSPS) is 20.3. The van der Waals surface area contributed by atoms with Gasteiger partial charge in [-0.05, 0) is 47.0 Å². The predicted octanol–water partition coefficient (Wildman–Crippen LogP) is 10.5. The highest BCUT2D eigenvalue weighted by atomic mass is 29.6. The minimum atomic E-state index is -1.97. The van der Waals surface area contributed by atoms with E-state index in [0.717, 1.165) is 0 Å². The van der Waals surface area contributed by atoms with Crippen LogP contribution in [0.3, 0.4) is 0 Å². The zero-order chi connectivity index (χ0) is 30.8. The highest BCUT2D eigenvalue weighted by Gasteiger charge is 2.60. The lowest BCUT2D eigenvalue weighted by molar-refractivity contribution is 0.0532. The van der Waals surface area contributed by atoms with Crippen molar-refractivity contribution < 1.29 is 0 Å². The van der Waals surface area contributed by atoms with Crippen molar-refractivity contribution in [2.75, 3.05) is 0 Å². The van der Waals surface area contributed by atoms with Gasteiger partial charge in [0, 0.05) is 11.1 Å². The third-order valence-electron chi connectivity index (χ3n) is 11.1. The monoisotopic (exact) mass is 590 g/mol. The van der Waals surface area contributed by atoms with E-state index in [1.165, 1.54) is 19.3 Å². The third kappa shape index (κ3) is 6.74. The van der Waals surface area contributed by atoms with Crippen LogP contribution in [0.1, 0.15) is 130 Å². The molecule has 0 unspecified atom stereocenters. The van der Waals surface area contributed by atoms with Gasteiger partial charge in [0.1, 0.15) is 14.5 Å². The van der Waals surface area contributed by atoms with Gasteiger partial charge in [0.05, 0.1) is 0 Å². The Morgan fingerprint density at radius 1 is 0.605 bits per heavy atom. The first-order chi connectivity index (χ1) is 16.3. The second-order valence-corrected chi connectivity index (χ2v) is 46.8. The van der Waals surface area contributed by atoms with Gasteiger partial charge in [0.15, 0.2) is 0 Å². The molecule has 1 nitrogen and oxygen atoms in total. The Bertz CT molecular complexity index is 810. The Labute approximate surface area is 246 Å². The summed E-state index contributed by atoms with van der Waals surface area (Å²) < 4.78 is 0. The molecule has 0 aromatic rings. The van der Waals surface area contributed by atoms with E-state index < -0.39 is 31.0 Å². The summed E-state index contributed by atoms with van der Waals surface area (Å²) in [4.78, 5) is 3.05. The fourth-order valence-corrected chi connectivity index (χ4v) is 59.6. The Hall–Kier alpha value is 0.452. The largest absolute Gasteiger partial charge is 0.353 e. The van der Waals surface area contributed by atoms with Gasteiger partial charge in [0.2, 0.25) is 0 Å². The van der Waals surface area contributed by atoms with Crippen LogP contribution >= 0.6 is 0 Å². The van der Waals surface area contributed by atoms with Crippen LogP contribution in [-0.2, 0) is 0 Å². The minimum absolute atomic E-state index is 0.159. The molecular formula is C32H69BNSi4-. The zero-order valence-electron chi connectivity index (χ0n) is 30.1. The van der Waals surface area contributed by atoms with E-state index in [1.54, 1.807) is 0 Å². The summed E-state index contributed by atoms with van der Waals surface area (Å²) in [6.45, 7) is 54.7. The smallest absolute Gasteiger partial charge is 0.133 e. The molecule has 0 spiro atoms. The van der Waals surface area contributed by atoms with E-state index in [2.05, 4.69) is 160 Å². The number of nitrogens with zero attached hydrogens (tertiary/aromatic N) is 1. The average Bonchev–Trinajstić information content (AvgIpc) is 2.59. The molecule has 0 aliphatic carbocycles. The predicted molar refractivity (Wildman–Crippen MR) is 189 cm³/mol. The summed E-state index contributed by atoms with van der Waals surface area (Å²) in [5.74, 6) is 4.29. The second kappa shape index (κ2) is 10.6. The van der Waals surface area contributed by atoms with Crippen molar-refractivity contribution in [2.24, 2.45) is 0 Å². The van der Waals surface area contributed by atoms with Crippen molar-refractivity contribution in [3.63, 3.8) is 0 Å². The van der Waals surface area contributed by atoms with E-state index in [4.69, 9.17) is 0 Å². The molecule has 0 aromatic carbocycles. The standard InChI is InChI=1S/C32H69BNSi4/c1-27(2,3)37(20,28(4,5)6)35(38(21,29(7,8)9)30(10,11)12)33(25-26-36(17,18)19)34-31(13,14)23-22-24-32(34,15)16/h22-24H2,1-21H3/q-1. The number of piperidine rings is 1. The molecule has 0 amide bonds. The van der Waals surface area contributed by atoms with E-state index in [-0.39, 0.29) is 11.1 Å². The minimum Gasteiger partial charge on any atom is -0.353 e. The van der Waals surface area contributed by atoms with Crippen LogP contribution < -0.4 is 0 Å². The lowest BCUT2D eigenvalue weighted by Crippen LogP contribution is -2.85. The lowest BCUT2D eigenvalue weighted by atomic mass is 9.70. The Balaban J connectivity index is 4.56. The van der Waals surface area contributed by atoms with Crippen LogP contribution in [0.15, 0.2) is 0 Å². The summed E-state index contributed by atoms with van der Waals surface area (Å²) in [5, 5.41) is 1.20. The van der Waals surface area contributed by atoms with Crippen molar-refractivity contribution in [1.29, 1.82) is 0 Å². The average molecular weight is 591 g/mol. The van der Waals surface area contributed by atoms with E-state index >= 15 is 0 Å². The lowest BCUT2D eigenvalue weighted by Gasteiger charge is -2.77. The molecule has 6 heteroatoms. The molecule has 0 saturated carbocycles. The Morgan fingerprint density at radius 2 is 0.895 bits per heavy atom. The molecule has 0 radical (unpaired) electrons. The molecule has 222 valence electrons. The van der Waals surface area contributed by atoms with Crippen LogP contribution in [0.5, 0.6) is 0 Å². The highest BCUT2D eigenvalue weighted by Crippen LogP contribution is 2.61. The molecule has 1 rings (SSSR count). The molecule has 1 heterocycles. The molecule has 1 aliphatic heterocycles. The van der Waals surface area contributed by atoms with Gasteiger partial charge < -0.3 is 4.81 Å². The van der Waals surface area contributed by atoms with E-state index in [0.29, 0.717) is 26.6 Å². The topological polar surface area (TPSA) is 3.24 Å². The maximum absolute atomic E-state index is 4.29. The van der Waals surface area contributed by atoms with Crippen LogP contribution in [-0.4, -0.2) is 53.3 Å². The molecule has 0 aromatic heterocycles. The first-order valence-electron chi connectivity index (χ1n) is 15.5. The molecule has 1 fully saturated rings. The van der Waals surface area contributed by atoms with Gasteiger partial charge in [-0.3, -0.25) is 0 Å². The molecule has 0 N–H and O–H groups in total. The molecule has 1 saturated heterocycles. The van der Waals surface area contributed by atoms with Gasteiger partial charge in [0.25, 0.3) is 0 Å². The van der Waals surface area contributed by atoms with Gasteiger partial charge >= 0.3 is 0 Å². The van der Waals surface area contributed by atoms with Crippen LogP contribution in [0, 0.1) is 11.4 Å². The van der Waals surface area contributed by atoms with Crippen molar-refractivity contribution in [1.82, 2.24) is 4.81 Å². The summed E-state index contributed by atoms with van der Waals surface area (Å²) >= 11 is 0. The van der Waals surface area contributed by atoms with Crippen molar-refractivity contribution in [3.05, 3.63) is 0 Å². The second-order valence-electron chi connectivity index (χ2n) is 19.4. The highest BCUT2D eigenvalue weighted by molar-refractivity contribution is 7.80.